The van der Waals surface area contributed by atoms with E-state index in [1.54, 1.807) is 0 Å². The first-order chi connectivity index (χ1) is 6.68. The van der Waals surface area contributed by atoms with E-state index in [2.05, 4.69) is 24.1 Å². The van der Waals surface area contributed by atoms with Crippen molar-refractivity contribution < 1.29 is 5.11 Å². The van der Waals surface area contributed by atoms with E-state index in [0.29, 0.717) is 12.1 Å². The molecule has 2 rings (SSSR count). The molecule has 0 radical (unpaired) electrons. The van der Waals surface area contributed by atoms with Gasteiger partial charge >= 0.3 is 0 Å². The van der Waals surface area contributed by atoms with E-state index in [-0.39, 0.29) is 6.10 Å². The third kappa shape index (κ3) is 1.95. The van der Waals surface area contributed by atoms with Gasteiger partial charge < -0.3 is 10.4 Å². The van der Waals surface area contributed by atoms with Gasteiger partial charge in [-0.1, -0.05) is 6.92 Å². The van der Waals surface area contributed by atoms with Gasteiger partial charge in [-0.25, -0.2) is 0 Å². The molecule has 0 amide bonds. The smallest absolute Gasteiger partial charge is 0.0831 e. The molecule has 3 nitrogen and oxygen atoms in total. The SMILES string of the molecule is CC1CCC(C)N(C2CNCC2O)C1. The summed E-state index contributed by atoms with van der Waals surface area (Å²) in [4.78, 5) is 2.50. The predicted molar refractivity (Wildman–Crippen MR) is 57.2 cm³/mol. The van der Waals surface area contributed by atoms with E-state index < -0.39 is 0 Å². The second-order valence-corrected chi connectivity index (χ2v) is 5.02. The number of nitrogens with one attached hydrogen (secondary N) is 1. The first-order valence-corrected chi connectivity index (χ1v) is 5.83. The summed E-state index contributed by atoms with van der Waals surface area (Å²) in [6.07, 6.45) is 2.46. The van der Waals surface area contributed by atoms with E-state index in [0.717, 1.165) is 25.6 Å². The Balaban J connectivity index is 2.00. The van der Waals surface area contributed by atoms with Gasteiger partial charge in [0.25, 0.3) is 0 Å². The lowest BCUT2D eigenvalue weighted by molar-refractivity contribution is 0.0251. The van der Waals surface area contributed by atoms with Crippen molar-refractivity contribution in [2.45, 2.75) is 44.9 Å². The third-order valence-corrected chi connectivity index (χ3v) is 3.74. The van der Waals surface area contributed by atoms with Gasteiger partial charge in [0.15, 0.2) is 0 Å². The quantitative estimate of drug-likeness (QED) is 0.642. The standard InChI is InChI=1S/C11H22N2O/c1-8-3-4-9(2)13(7-8)10-5-12-6-11(10)14/h8-12,14H,3-7H2,1-2H3. The van der Waals surface area contributed by atoms with Gasteiger partial charge in [-0.3, -0.25) is 4.90 Å². The topological polar surface area (TPSA) is 35.5 Å². The fraction of sp³-hybridized carbons (Fsp3) is 1.00. The molecule has 2 N–H and O–H groups in total. The van der Waals surface area contributed by atoms with Crippen LogP contribution < -0.4 is 5.32 Å². The molecule has 2 heterocycles. The summed E-state index contributed by atoms with van der Waals surface area (Å²) >= 11 is 0. The minimum Gasteiger partial charge on any atom is -0.390 e. The summed E-state index contributed by atoms with van der Waals surface area (Å²) in [6, 6.07) is 0.999. The number of rotatable bonds is 1. The molecule has 4 atom stereocenters. The average Bonchev–Trinajstić information content (AvgIpc) is 2.56. The van der Waals surface area contributed by atoms with Crippen molar-refractivity contribution in [3.05, 3.63) is 0 Å². The molecule has 2 aliphatic heterocycles. The van der Waals surface area contributed by atoms with Crippen LogP contribution in [0.15, 0.2) is 0 Å². The monoisotopic (exact) mass is 198 g/mol. The molecular formula is C11H22N2O. The summed E-state index contributed by atoms with van der Waals surface area (Å²) < 4.78 is 0. The maximum Gasteiger partial charge on any atom is 0.0831 e. The molecule has 82 valence electrons. The third-order valence-electron chi connectivity index (χ3n) is 3.74. The molecule has 4 unspecified atom stereocenters. The van der Waals surface area contributed by atoms with E-state index in [1.807, 2.05) is 0 Å². The normalized spacial score (nSPS) is 45.6. The second kappa shape index (κ2) is 4.17. The highest BCUT2D eigenvalue weighted by Gasteiger charge is 2.35. The lowest BCUT2D eigenvalue weighted by atomic mass is 9.93. The number of nitrogens with zero attached hydrogens (tertiary/aromatic N) is 1. The van der Waals surface area contributed by atoms with Crippen molar-refractivity contribution in [2.75, 3.05) is 19.6 Å². The average molecular weight is 198 g/mol. The molecule has 0 bridgehead atoms. The number of hydrogen-bond donors (Lipinski definition) is 2. The van der Waals surface area contributed by atoms with E-state index >= 15 is 0 Å². The fourth-order valence-electron chi connectivity index (χ4n) is 2.77. The van der Waals surface area contributed by atoms with Gasteiger partial charge in [0.1, 0.15) is 0 Å². The number of hydrogen-bond acceptors (Lipinski definition) is 3. The highest BCUT2D eigenvalue weighted by atomic mass is 16.3. The first-order valence-electron chi connectivity index (χ1n) is 5.83. The van der Waals surface area contributed by atoms with Crippen LogP contribution in [0.1, 0.15) is 26.7 Å². The minimum absolute atomic E-state index is 0.164. The summed E-state index contributed by atoms with van der Waals surface area (Å²) in [5.41, 5.74) is 0. The molecule has 3 heteroatoms. The second-order valence-electron chi connectivity index (χ2n) is 5.02. The van der Waals surface area contributed by atoms with Crippen LogP contribution in [0.25, 0.3) is 0 Å². The highest BCUT2D eigenvalue weighted by molar-refractivity contribution is 4.92. The maximum atomic E-state index is 9.84. The summed E-state index contributed by atoms with van der Waals surface area (Å²) in [6.45, 7) is 7.48. The Hall–Kier alpha value is -0.120. The maximum absolute atomic E-state index is 9.84. The van der Waals surface area contributed by atoms with Crippen LogP contribution >= 0.6 is 0 Å². The van der Waals surface area contributed by atoms with Gasteiger partial charge in [-0.05, 0) is 25.7 Å². The van der Waals surface area contributed by atoms with Gasteiger partial charge in [-0.2, -0.15) is 0 Å². The van der Waals surface area contributed by atoms with Crippen LogP contribution in [0.2, 0.25) is 0 Å². The van der Waals surface area contributed by atoms with Crippen molar-refractivity contribution in [3.8, 4) is 0 Å². The van der Waals surface area contributed by atoms with Crippen molar-refractivity contribution in [1.82, 2.24) is 10.2 Å². The van der Waals surface area contributed by atoms with Crippen molar-refractivity contribution in [1.29, 1.82) is 0 Å². The van der Waals surface area contributed by atoms with Gasteiger partial charge in [0, 0.05) is 31.7 Å². The van der Waals surface area contributed by atoms with Crippen LogP contribution in [0.4, 0.5) is 0 Å². The number of piperidine rings is 1. The first kappa shape index (κ1) is 10.4. The molecule has 0 aromatic heterocycles. The van der Waals surface area contributed by atoms with Gasteiger partial charge in [0.2, 0.25) is 0 Å². The molecule has 2 saturated heterocycles. The zero-order valence-electron chi connectivity index (χ0n) is 9.24. The Labute approximate surface area is 86.5 Å². The zero-order valence-corrected chi connectivity index (χ0v) is 9.24. The van der Waals surface area contributed by atoms with Gasteiger partial charge in [0.05, 0.1) is 6.10 Å². The molecule has 0 spiro atoms. The fourth-order valence-corrected chi connectivity index (χ4v) is 2.77. The highest BCUT2D eigenvalue weighted by Crippen LogP contribution is 2.25. The number of likely N-dealkylation sites (tertiary alicyclic amines) is 1. The van der Waals surface area contributed by atoms with Crippen LogP contribution in [0.5, 0.6) is 0 Å². The zero-order chi connectivity index (χ0) is 10.1. The lowest BCUT2D eigenvalue weighted by Crippen LogP contribution is -2.52. The number of β-amino-alcohol motifs (C(OH)–C–C–N with tert-alkyl or cyclic N) is 1. The number of aliphatic hydroxyl groups is 1. The van der Waals surface area contributed by atoms with Gasteiger partial charge in [-0.15, -0.1) is 0 Å². The van der Waals surface area contributed by atoms with Crippen LogP contribution in [-0.4, -0.2) is 47.8 Å². The minimum atomic E-state index is -0.164. The van der Waals surface area contributed by atoms with E-state index in [4.69, 9.17) is 0 Å². The van der Waals surface area contributed by atoms with Crippen LogP contribution in [0, 0.1) is 5.92 Å². The predicted octanol–water partition coefficient (Wildman–Crippen LogP) is 0.439. The number of aliphatic hydroxyl groups excluding tert-OH is 1. The van der Waals surface area contributed by atoms with E-state index in [9.17, 15) is 5.11 Å². The molecular weight excluding hydrogens is 176 g/mol. The van der Waals surface area contributed by atoms with Crippen molar-refractivity contribution >= 4 is 0 Å². The van der Waals surface area contributed by atoms with Crippen LogP contribution in [-0.2, 0) is 0 Å². The summed E-state index contributed by atoms with van der Waals surface area (Å²) in [5, 5.41) is 13.1. The van der Waals surface area contributed by atoms with Crippen molar-refractivity contribution in [3.63, 3.8) is 0 Å². The Bertz CT molecular complexity index is 198. The Morgan fingerprint density at radius 2 is 2.00 bits per heavy atom. The molecule has 0 aromatic carbocycles. The molecule has 0 aromatic rings. The molecule has 0 aliphatic carbocycles. The summed E-state index contributed by atoms with van der Waals surface area (Å²) in [5.74, 6) is 0.791. The molecule has 14 heavy (non-hydrogen) atoms. The molecule has 2 fully saturated rings. The Kier molecular flexibility index (Phi) is 3.10. The molecule has 2 aliphatic rings. The molecule has 0 saturated carbocycles. The summed E-state index contributed by atoms with van der Waals surface area (Å²) in [7, 11) is 0. The lowest BCUT2D eigenvalue weighted by Gasteiger charge is -2.41. The van der Waals surface area contributed by atoms with E-state index in [1.165, 1.54) is 12.8 Å². The van der Waals surface area contributed by atoms with Crippen LogP contribution in [0.3, 0.4) is 0 Å². The van der Waals surface area contributed by atoms with Crippen molar-refractivity contribution in [2.24, 2.45) is 5.92 Å². The Morgan fingerprint density at radius 3 is 2.64 bits per heavy atom. The Morgan fingerprint density at radius 1 is 1.21 bits per heavy atom. The largest absolute Gasteiger partial charge is 0.390 e.